The van der Waals surface area contributed by atoms with Gasteiger partial charge in [0, 0.05) is 18.9 Å². The van der Waals surface area contributed by atoms with Gasteiger partial charge in [-0.05, 0) is 54.3 Å². The lowest BCUT2D eigenvalue weighted by Gasteiger charge is -2.37. The molecule has 0 saturated carbocycles. The smallest absolute Gasteiger partial charge is 0.307 e. The Bertz CT molecular complexity index is 962. The van der Waals surface area contributed by atoms with E-state index >= 15 is 0 Å². The van der Waals surface area contributed by atoms with Gasteiger partial charge in [0.25, 0.3) is 0 Å². The second-order valence-corrected chi connectivity index (χ2v) is 7.71. The molecule has 154 valence electrons. The third-order valence-corrected chi connectivity index (χ3v) is 5.59. The van der Waals surface area contributed by atoms with Crippen molar-refractivity contribution in [2.75, 3.05) is 13.1 Å². The van der Waals surface area contributed by atoms with Gasteiger partial charge in [0.2, 0.25) is 0 Å². The standard InChI is InChI=1S/C25H26N2O3/c28-25(29)22-11-6-14-27(17-22)24(21-10-5-13-26-16-21)20-9-4-12-23(15-20)30-18-19-7-2-1-3-8-19/h1-5,7-10,12-13,15-16,22,24H,6,11,14,17-18H2,(H,28,29). The summed E-state index contributed by atoms with van der Waals surface area (Å²) in [5.74, 6) is -0.253. The zero-order valence-corrected chi connectivity index (χ0v) is 16.9. The van der Waals surface area contributed by atoms with Crippen molar-refractivity contribution in [2.45, 2.75) is 25.5 Å². The first-order chi connectivity index (χ1) is 14.7. The first-order valence-corrected chi connectivity index (χ1v) is 10.3. The lowest BCUT2D eigenvalue weighted by molar-refractivity contribution is -0.143. The number of carboxylic acids is 1. The van der Waals surface area contributed by atoms with E-state index in [0.717, 1.165) is 41.8 Å². The van der Waals surface area contributed by atoms with E-state index in [2.05, 4.69) is 28.1 Å². The lowest BCUT2D eigenvalue weighted by Crippen LogP contribution is -2.41. The predicted molar refractivity (Wildman–Crippen MR) is 115 cm³/mol. The Balaban J connectivity index is 1.60. The van der Waals surface area contributed by atoms with Gasteiger partial charge >= 0.3 is 5.97 Å². The van der Waals surface area contributed by atoms with Gasteiger partial charge in [-0.15, -0.1) is 0 Å². The number of benzene rings is 2. The monoisotopic (exact) mass is 402 g/mol. The maximum atomic E-state index is 11.6. The maximum Gasteiger partial charge on any atom is 0.307 e. The summed E-state index contributed by atoms with van der Waals surface area (Å²) in [4.78, 5) is 18.2. The van der Waals surface area contributed by atoms with E-state index in [1.807, 2.05) is 54.7 Å². The summed E-state index contributed by atoms with van der Waals surface area (Å²) in [6.07, 6.45) is 5.23. The molecule has 3 aromatic rings. The van der Waals surface area contributed by atoms with Crippen LogP contribution in [0.3, 0.4) is 0 Å². The number of carbonyl (C=O) groups is 1. The number of piperidine rings is 1. The number of ether oxygens (including phenoxy) is 1. The van der Waals surface area contributed by atoms with Crippen LogP contribution in [0, 0.1) is 5.92 Å². The second kappa shape index (κ2) is 9.55. The molecule has 4 rings (SSSR count). The molecule has 2 aromatic carbocycles. The molecule has 2 heterocycles. The van der Waals surface area contributed by atoms with Crippen molar-refractivity contribution in [1.29, 1.82) is 0 Å². The topological polar surface area (TPSA) is 62.7 Å². The van der Waals surface area contributed by atoms with Crippen molar-refractivity contribution >= 4 is 5.97 Å². The minimum absolute atomic E-state index is 0.0545. The minimum atomic E-state index is -0.718. The van der Waals surface area contributed by atoms with Crippen LogP contribution in [-0.2, 0) is 11.4 Å². The average molecular weight is 402 g/mol. The van der Waals surface area contributed by atoms with Crippen molar-refractivity contribution < 1.29 is 14.6 Å². The fraction of sp³-hybridized carbons (Fsp3) is 0.280. The number of carboxylic acid groups (broad SMARTS) is 1. The Morgan fingerprint density at radius 1 is 1.10 bits per heavy atom. The van der Waals surface area contributed by atoms with Gasteiger partial charge in [-0.2, -0.15) is 0 Å². The molecule has 0 amide bonds. The van der Waals surface area contributed by atoms with Crippen LogP contribution in [0.15, 0.2) is 79.1 Å². The summed E-state index contributed by atoms with van der Waals surface area (Å²) >= 11 is 0. The third-order valence-electron chi connectivity index (χ3n) is 5.59. The van der Waals surface area contributed by atoms with E-state index < -0.39 is 5.97 Å². The molecule has 1 fully saturated rings. The molecule has 5 nitrogen and oxygen atoms in total. The average Bonchev–Trinajstić information content (AvgIpc) is 2.80. The molecule has 5 heteroatoms. The van der Waals surface area contributed by atoms with E-state index in [9.17, 15) is 9.90 Å². The van der Waals surface area contributed by atoms with Crippen LogP contribution in [0.1, 0.15) is 35.6 Å². The fourth-order valence-corrected chi connectivity index (χ4v) is 4.11. The summed E-state index contributed by atoms with van der Waals surface area (Å²) in [7, 11) is 0. The summed E-state index contributed by atoms with van der Waals surface area (Å²) in [5, 5.41) is 9.54. The zero-order valence-electron chi connectivity index (χ0n) is 16.9. The molecule has 0 aliphatic carbocycles. The van der Waals surface area contributed by atoms with E-state index in [1.165, 1.54) is 0 Å². The molecule has 1 aliphatic heterocycles. The van der Waals surface area contributed by atoms with Gasteiger partial charge in [0.1, 0.15) is 12.4 Å². The van der Waals surface area contributed by atoms with Gasteiger partial charge in [-0.1, -0.05) is 48.5 Å². The minimum Gasteiger partial charge on any atom is -0.489 e. The Labute approximate surface area is 177 Å². The molecule has 1 N–H and O–H groups in total. The van der Waals surface area contributed by atoms with Gasteiger partial charge < -0.3 is 9.84 Å². The molecule has 2 atom stereocenters. The summed E-state index contributed by atoms with van der Waals surface area (Å²) < 4.78 is 6.04. The number of rotatable bonds is 7. The van der Waals surface area contributed by atoms with E-state index in [-0.39, 0.29) is 12.0 Å². The van der Waals surface area contributed by atoms with Crippen LogP contribution in [-0.4, -0.2) is 34.0 Å². The summed E-state index contributed by atoms with van der Waals surface area (Å²) in [6, 6.07) is 22.1. The Morgan fingerprint density at radius 3 is 2.70 bits per heavy atom. The van der Waals surface area contributed by atoms with Crippen LogP contribution in [0.25, 0.3) is 0 Å². The van der Waals surface area contributed by atoms with Crippen LogP contribution in [0.5, 0.6) is 5.75 Å². The molecular weight excluding hydrogens is 376 g/mol. The molecule has 1 saturated heterocycles. The van der Waals surface area contributed by atoms with Crippen LogP contribution in [0.4, 0.5) is 0 Å². The molecule has 0 spiro atoms. The van der Waals surface area contributed by atoms with Crippen molar-refractivity contribution in [3.63, 3.8) is 0 Å². The van der Waals surface area contributed by atoms with Crippen molar-refractivity contribution in [2.24, 2.45) is 5.92 Å². The predicted octanol–water partition coefficient (Wildman–Crippen LogP) is 4.55. The Kier molecular flexibility index (Phi) is 6.40. The molecule has 0 radical (unpaired) electrons. The van der Waals surface area contributed by atoms with Gasteiger partial charge in [0.15, 0.2) is 0 Å². The highest BCUT2D eigenvalue weighted by atomic mass is 16.5. The molecule has 30 heavy (non-hydrogen) atoms. The normalized spacial score (nSPS) is 17.9. The number of hydrogen-bond acceptors (Lipinski definition) is 4. The summed E-state index contributed by atoms with van der Waals surface area (Å²) in [6.45, 7) is 1.90. The maximum absolute atomic E-state index is 11.6. The van der Waals surface area contributed by atoms with Crippen LogP contribution in [0.2, 0.25) is 0 Å². The Hall–Kier alpha value is -3.18. The Morgan fingerprint density at radius 2 is 1.93 bits per heavy atom. The highest BCUT2D eigenvalue weighted by molar-refractivity contribution is 5.70. The molecular formula is C25H26N2O3. The quantitative estimate of drug-likeness (QED) is 0.628. The lowest BCUT2D eigenvalue weighted by atomic mass is 9.92. The molecule has 0 bridgehead atoms. The number of aromatic nitrogens is 1. The van der Waals surface area contributed by atoms with E-state index in [1.54, 1.807) is 6.20 Å². The van der Waals surface area contributed by atoms with Crippen LogP contribution < -0.4 is 4.74 Å². The van der Waals surface area contributed by atoms with Crippen molar-refractivity contribution in [1.82, 2.24) is 9.88 Å². The number of likely N-dealkylation sites (tertiary alicyclic amines) is 1. The molecule has 1 aliphatic rings. The van der Waals surface area contributed by atoms with Gasteiger partial charge in [-0.3, -0.25) is 14.7 Å². The number of aliphatic carboxylic acids is 1. The van der Waals surface area contributed by atoms with Crippen LogP contribution >= 0.6 is 0 Å². The first-order valence-electron chi connectivity index (χ1n) is 10.3. The SMILES string of the molecule is O=C(O)C1CCCN(C(c2cccnc2)c2cccc(OCc3ccccc3)c2)C1. The largest absolute Gasteiger partial charge is 0.489 e. The first kappa shape index (κ1) is 20.1. The molecule has 1 aromatic heterocycles. The number of nitrogens with zero attached hydrogens (tertiary/aromatic N) is 2. The van der Waals surface area contributed by atoms with Gasteiger partial charge in [-0.25, -0.2) is 0 Å². The van der Waals surface area contributed by atoms with Gasteiger partial charge in [0.05, 0.1) is 12.0 Å². The van der Waals surface area contributed by atoms with E-state index in [0.29, 0.717) is 13.2 Å². The highest BCUT2D eigenvalue weighted by Crippen LogP contribution is 2.34. The highest BCUT2D eigenvalue weighted by Gasteiger charge is 2.31. The summed E-state index contributed by atoms with van der Waals surface area (Å²) in [5.41, 5.74) is 3.26. The van der Waals surface area contributed by atoms with Crippen molar-refractivity contribution in [3.8, 4) is 5.75 Å². The van der Waals surface area contributed by atoms with E-state index in [4.69, 9.17) is 4.74 Å². The fourth-order valence-electron chi connectivity index (χ4n) is 4.11. The third kappa shape index (κ3) is 4.86. The second-order valence-electron chi connectivity index (χ2n) is 7.71. The molecule has 2 unspecified atom stereocenters. The number of hydrogen-bond donors (Lipinski definition) is 1. The zero-order chi connectivity index (χ0) is 20.8. The number of pyridine rings is 1. The van der Waals surface area contributed by atoms with Crippen molar-refractivity contribution in [3.05, 3.63) is 95.8 Å².